The summed E-state index contributed by atoms with van der Waals surface area (Å²) in [6.45, 7) is 6.85. The first-order valence-electron chi connectivity index (χ1n) is 10.4. The van der Waals surface area contributed by atoms with Crippen LogP contribution < -0.4 is 5.32 Å². The molecule has 1 saturated heterocycles. The third-order valence-corrected chi connectivity index (χ3v) is 5.13. The Morgan fingerprint density at radius 3 is 2.40 bits per heavy atom. The highest BCUT2D eigenvalue weighted by molar-refractivity contribution is 6.09. The summed E-state index contributed by atoms with van der Waals surface area (Å²) in [6, 6.07) is 15.0. The van der Waals surface area contributed by atoms with Crippen molar-refractivity contribution in [3.63, 3.8) is 0 Å². The van der Waals surface area contributed by atoms with Crippen molar-refractivity contribution in [1.29, 1.82) is 0 Å². The smallest absolute Gasteiger partial charge is 0.303 e. The second kappa shape index (κ2) is 10.1. The van der Waals surface area contributed by atoms with E-state index in [4.69, 9.17) is 9.73 Å². The van der Waals surface area contributed by atoms with Crippen LogP contribution in [-0.4, -0.2) is 41.8 Å². The van der Waals surface area contributed by atoms with Gasteiger partial charge >= 0.3 is 5.97 Å². The summed E-state index contributed by atoms with van der Waals surface area (Å²) >= 11 is 0. The molecule has 1 unspecified atom stereocenters. The molecular weight excluding hydrogens is 378 g/mol. The number of ether oxygens (including phenoxy) is 1. The Labute approximate surface area is 178 Å². The van der Waals surface area contributed by atoms with Gasteiger partial charge in [-0.3, -0.25) is 9.59 Å². The number of benzene rings is 2. The fourth-order valence-electron chi connectivity index (χ4n) is 3.72. The van der Waals surface area contributed by atoms with Crippen molar-refractivity contribution in [2.24, 2.45) is 4.99 Å². The molecule has 0 saturated carbocycles. The van der Waals surface area contributed by atoms with E-state index in [0.29, 0.717) is 17.1 Å². The molecule has 1 fully saturated rings. The first-order chi connectivity index (χ1) is 14.5. The molecule has 1 aliphatic heterocycles. The Morgan fingerprint density at radius 2 is 1.73 bits per heavy atom. The minimum absolute atomic E-state index is 0.212. The monoisotopic (exact) mass is 407 g/mol. The van der Waals surface area contributed by atoms with E-state index in [1.54, 1.807) is 0 Å². The SMILES string of the molecule is CC(=O)OC(C)/C(=N/c1cccc(C)c1C(=O)Nc1ccccc1)N1CCCCC1. The van der Waals surface area contributed by atoms with E-state index in [2.05, 4.69) is 10.2 Å². The Morgan fingerprint density at radius 1 is 1.03 bits per heavy atom. The van der Waals surface area contributed by atoms with E-state index in [1.807, 2.05) is 62.4 Å². The number of carbonyl (C=O) groups is 2. The summed E-state index contributed by atoms with van der Waals surface area (Å²) in [5.74, 6) is 0.124. The molecule has 1 amide bonds. The largest absolute Gasteiger partial charge is 0.455 e. The summed E-state index contributed by atoms with van der Waals surface area (Å²) in [5, 5.41) is 2.95. The van der Waals surface area contributed by atoms with Gasteiger partial charge in [-0.1, -0.05) is 30.3 Å². The lowest BCUT2D eigenvalue weighted by Gasteiger charge is -2.32. The predicted octanol–water partition coefficient (Wildman–Crippen LogP) is 4.71. The molecule has 0 aromatic heterocycles. The lowest BCUT2D eigenvalue weighted by atomic mass is 10.1. The zero-order valence-corrected chi connectivity index (χ0v) is 17.9. The quantitative estimate of drug-likeness (QED) is 0.442. The average Bonchev–Trinajstić information content (AvgIpc) is 2.72. The van der Waals surface area contributed by atoms with E-state index in [1.165, 1.54) is 13.3 Å². The molecule has 30 heavy (non-hydrogen) atoms. The van der Waals surface area contributed by atoms with Gasteiger partial charge < -0.3 is 15.0 Å². The van der Waals surface area contributed by atoms with Crippen molar-refractivity contribution in [1.82, 2.24) is 4.90 Å². The highest BCUT2D eigenvalue weighted by atomic mass is 16.5. The standard InChI is InChI=1S/C24H29N3O3/c1-17-11-10-14-21(22(17)24(29)25-20-12-6-4-7-13-20)26-23(18(2)30-19(3)28)27-15-8-5-9-16-27/h4,6-7,10-14,18H,5,8-9,15-16H2,1-3H3,(H,25,29)/b26-23-. The molecule has 0 aliphatic carbocycles. The Kier molecular flexibility index (Phi) is 7.22. The highest BCUT2D eigenvalue weighted by Gasteiger charge is 2.24. The van der Waals surface area contributed by atoms with E-state index in [9.17, 15) is 9.59 Å². The number of hydrogen-bond donors (Lipinski definition) is 1. The molecule has 3 rings (SSSR count). The number of nitrogens with zero attached hydrogens (tertiary/aromatic N) is 2. The molecule has 158 valence electrons. The second-order valence-electron chi connectivity index (χ2n) is 7.56. The van der Waals surface area contributed by atoms with Crippen LogP contribution in [0.5, 0.6) is 0 Å². The molecule has 6 nitrogen and oxygen atoms in total. The molecular formula is C24H29N3O3. The maximum Gasteiger partial charge on any atom is 0.303 e. The molecule has 1 heterocycles. The van der Waals surface area contributed by atoms with Gasteiger partial charge in [-0.25, -0.2) is 4.99 Å². The van der Waals surface area contributed by atoms with Gasteiger partial charge in [-0.2, -0.15) is 0 Å². The zero-order chi connectivity index (χ0) is 21.5. The summed E-state index contributed by atoms with van der Waals surface area (Å²) in [4.78, 5) is 31.7. The zero-order valence-electron chi connectivity index (χ0n) is 17.9. The first kappa shape index (κ1) is 21.6. The lowest BCUT2D eigenvalue weighted by molar-refractivity contribution is -0.142. The number of aliphatic imine (C=N–C) groups is 1. The second-order valence-corrected chi connectivity index (χ2v) is 7.56. The van der Waals surface area contributed by atoms with Crippen LogP contribution in [0.15, 0.2) is 53.5 Å². The number of anilines is 1. The first-order valence-corrected chi connectivity index (χ1v) is 10.4. The van der Waals surface area contributed by atoms with Gasteiger partial charge in [-0.05, 0) is 56.9 Å². The topological polar surface area (TPSA) is 71.0 Å². The predicted molar refractivity (Wildman–Crippen MR) is 119 cm³/mol. The van der Waals surface area contributed by atoms with Crippen molar-refractivity contribution in [2.75, 3.05) is 18.4 Å². The van der Waals surface area contributed by atoms with Crippen LogP contribution in [0.1, 0.15) is 49.0 Å². The van der Waals surface area contributed by atoms with Crippen molar-refractivity contribution < 1.29 is 14.3 Å². The molecule has 0 bridgehead atoms. The molecule has 2 aromatic carbocycles. The Bertz CT molecular complexity index is 919. The number of nitrogens with one attached hydrogen (secondary N) is 1. The number of para-hydroxylation sites is 1. The number of hydrogen-bond acceptors (Lipinski definition) is 4. The number of piperidine rings is 1. The third kappa shape index (κ3) is 5.47. The third-order valence-electron chi connectivity index (χ3n) is 5.13. The molecule has 6 heteroatoms. The van der Waals surface area contributed by atoms with Crippen LogP contribution >= 0.6 is 0 Å². The van der Waals surface area contributed by atoms with Crippen molar-refractivity contribution in [2.45, 2.75) is 46.1 Å². The fourth-order valence-corrected chi connectivity index (χ4v) is 3.72. The molecule has 0 spiro atoms. The van der Waals surface area contributed by atoms with E-state index >= 15 is 0 Å². The summed E-state index contributed by atoms with van der Waals surface area (Å²) in [7, 11) is 0. The van der Waals surface area contributed by atoms with Gasteiger partial charge in [-0.15, -0.1) is 0 Å². The molecule has 1 N–H and O–H groups in total. The minimum atomic E-state index is -0.494. The van der Waals surface area contributed by atoms with Gasteiger partial charge in [0, 0.05) is 25.7 Å². The number of esters is 1. The van der Waals surface area contributed by atoms with Crippen LogP contribution in [0, 0.1) is 6.92 Å². The van der Waals surface area contributed by atoms with E-state index in [-0.39, 0.29) is 11.9 Å². The highest BCUT2D eigenvalue weighted by Crippen LogP contribution is 2.26. The van der Waals surface area contributed by atoms with Crippen LogP contribution in [-0.2, 0) is 9.53 Å². The maximum atomic E-state index is 13.1. The average molecular weight is 408 g/mol. The van der Waals surface area contributed by atoms with E-state index < -0.39 is 6.10 Å². The molecule has 0 radical (unpaired) electrons. The number of amides is 1. The van der Waals surface area contributed by atoms with Crippen LogP contribution in [0.2, 0.25) is 0 Å². The minimum Gasteiger partial charge on any atom is -0.455 e. The van der Waals surface area contributed by atoms with Crippen molar-refractivity contribution in [3.05, 3.63) is 59.7 Å². The Balaban J connectivity index is 1.98. The van der Waals surface area contributed by atoms with Gasteiger partial charge in [0.15, 0.2) is 6.10 Å². The van der Waals surface area contributed by atoms with Gasteiger partial charge in [0.25, 0.3) is 5.91 Å². The summed E-state index contributed by atoms with van der Waals surface area (Å²) in [6.07, 6.45) is 2.83. The summed E-state index contributed by atoms with van der Waals surface area (Å²) in [5.41, 5.74) is 2.65. The molecule has 1 atom stereocenters. The van der Waals surface area contributed by atoms with Crippen LogP contribution in [0.25, 0.3) is 0 Å². The van der Waals surface area contributed by atoms with Crippen LogP contribution in [0.4, 0.5) is 11.4 Å². The number of carbonyl (C=O) groups excluding carboxylic acids is 2. The number of likely N-dealkylation sites (tertiary alicyclic amines) is 1. The number of rotatable bonds is 5. The van der Waals surface area contributed by atoms with Crippen LogP contribution in [0.3, 0.4) is 0 Å². The lowest BCUT2D eigenvalue weighted by Crippen LogP contribution is -2.42. The molecule has 1 aliphatic rings. The maximum absolute atomic E-state index is 13.1. The van der Waals surface area contributed by atoms with Gasteiger partial charge in [0.05, 0.1) is 11.3 Å². The normalized spacial score (nSPS) is 15.4. The fraction of sp³-hybridized carbons (Fsp3) is 0.375. The van der Waals surface area contributed by atoms with Gasteiger partial charge in [0.2, 0.25) is 0 Å². The van der Waals surface area contributed by atoms with E-state index in [0.717, 1.165) is 37.2 Å². The number of amidine groups is 1. The Hall–Kier alpha value is -3.15. The number of aryl methyl sites for hydroxylation is 1. The van der Waals surface area contributed by atoms with Gasteiger partial charge in [0.1, 0.15) is 5.84 Å². The van der Waals surface area contributed by atoms with Crippen molar-refractivity contribution >= 4 is 29.1 Å². The molecule has 2 aromatic rings. The van der Waals surface area contributed by atoms with Crippen molar-refractivity contribution in [3.8, 4) is 0 Å². The summed E-state index contributed by atoms with van der Waals surface area (Å²) < 4.78 is 5.45.